The van der Waals surface area contributed by atoms with E-state index >= 15 is 0 Å². The monoisotopic (exact) mass is 269 g/mol. The number of hydrogen-bond acceptors (Lipinski definition) is 2. The number of carbonyl (C=O) groups is 2. The maximum atomic E-state index is 12.2. The van der Waals surface area contributed by atoms with Crippen molar-refractivity contribution >= 4 is 11.9 Å². The van der Waals surface area contributed by atoms with Gasteiger partial charge in [-0.05, 0) is 25.2 Å². The van der Waals surface area contributed by atoms with Gasteiger partial charge in [-0.15, -0.1) is 0 Å². The summed E-state index contributed by atoms with van der Waals surface area (Å²) in [5.41, 5.74) is 0. The molecule has 0 bridgehead atoms. The number of hydrogen-bond donors (Lipinski definition) is 1. The summed E-state index contributed by atoms with van der Waals surface area (Å²) in [5.74, 6) is -1.04. The Labute approximate surface area is 116 Å². The average molecular weight is 269 g/mol. The first-order chi connectivity index (χ1) is 9.00. The summed E-state index contributed by atoms with van der Waals surface area (Å²) in [7, 11) is 0. The van der Waals surface area contributed by atoms with Crippen molar-refractivity contribution in [2.24, 2.45) is 11.8 Å². The molecule has 19 heavy (non-hydrogen) atoms. The molecule has 1 aliphatic rings. The Morgan fingerprint density at radius 1 is 1.05 bits per heavy atom. The third-order valence-corrected chi connectivity index (χ3v) is 3.73. The molecule has 1 N–H and O–H groups in total. The van der Waals surface area contributed by atoms with E-state index in [4.69, 9.17) is 0 Å². The predicted molar refractivity (Wildman–Crippen MR) is 74.9 cm³/mol. The van der Waals surface area contributed by atoms with Gasteiger partial charge >= 0.3 is 5.97 Å². The summed E-state index contributed by atoms with van der Waals surface area (Å²) in [6.07, 6.45) is 6.45. The SMILES string of the molecule is CC(C)C[C@H](CC(=O)N1CCCCCCC1)C(=O)O. The minimum Gasteiger partial charge on any atom is -0.481 e. The van der Waals surface area contributed by atoms with Crippen LogP contribution in [0.3, 0.4) is 0 Å². The topological polar surface area (TPSA) is 57.6 Å². The number of nitrogens with zero attached hydrogens (tertiary/aromatic N) is 1. The van der Waals surface area contributed by atoms with E-state index in [0.29, 0.717) is 12.3 Å². The molecule has 1 atom stereocenters. The van der Waals surface area contributed by atoms with Crippen LogP contribution in [-0.4, -0.2) is 35.0 Å². The third-order valence-electron chi connectivity index (χ3n) is 3.73. The Bertz CT molecular complexity index is 294. The molecule has 1 amide bonds. The zero-order valence-electron chi connectivity index (χ0n) is 12.2. The molecule has 1 rings (SSSR count). The quantitative estimate of drug-likeness (QED) is 0.835. The molecular formula is C15H27NO3. The lowest BCUT2D eigenvalue weighted by Gasteiger charge is -2.26. The highest BCUT2D eigenvalue weighted by Gasteiger charge is 2.25. The minimum absolute atomic E-state index is 0.0231. The zero-order valence-corrected chi connectivity index (χ0v) is 12.2. The highest BCUT2D eigenvalue weighted by atomic mass is 16.4. The molecule has 1 saturated heterocycles. The molecule has 1 fully saturated rings. The first-order valence-electron chi connectivity index (χ1n) is 7.51. The Hall–Kier alpha value is -1.06. The lowest BCUT2D eigenvalue weighted by molar-refractivity contribution is -0.146. The minimum atomic E-state index is -0.839. The molecule has 0 spiro atoms. The van der Waals surface area contributed by atoms with E-state index in [0.717, 1.165) is 25.9 Å². The number of amides is 1. The molecule has 0 aromatic rings. The second-order valence-electron chi connectivity index (χ2n) is 6.02. The Kier molecular flexibility index (Phi) is 6.89. The Morgan fingerprint density at radius 2 is 1.58 bits per heavy atom. The van der Waals surface area contributed by atoms with Crippen molar-refractivity contribution in [1.29, 1.82) is 0 Å². The summed E-state index contributed by atoms with van der Waals surface area (Å²) in [6, 6.07) is 0. The van der Waals surface area contributed by atoms with Gasteiger partial charge < -0.3 is 10.0 Å². The van der Waals surface area contributed by atoms with E-state index in [1.165, 1.54) is 19.3 Å². The fourth-order valence-electron chi connectivity index (χ4n) is 2.68. The van der Waals surface area contributed by atoms with Crippen molar-refractivity contribution in [2.75, 3.05) is 13.1 Å². The first-order valence-corrected chi connectivity index (χ1v) is 7.51. The Morgan fingerprint density at radius 3 is 2.05 bits per heavy atom. The van der Waals surface area contributed by atoms with Gasteiger partial charge in [0.25, 0.3) is 0 Å². The molecular weight excluding hydrogens is 242 g/mol. The average Bonchev–Trinajstić information content (AvgIpc) is 2.26. The summed E-state index contributed by atoms with van der Waals surface area (Å²) in [4.78, 5) is 25.3. The first kappa shape index (κ1) is 16.0. The van der Waals surface area contributed by atoms with Gasteiger partial charge in [0.1, 0.15) is 0 Å². The van der Waals surface area contributed by atoms with Gasteiger partial charge in [-0.1, -0.05) is 33.1 Å². The molecule has 0 radical (unpaired) electrons. The van der Waals surface area contributed by atoms with Crippen LogP contribution in [0.5, 0.6) is 0 Å². The van der Waals surface area contributed by atoms with Crippen molar-refractivity contribution in [1.82, 2.24) is 4.90 Å². The number of rotatable bonds is 5. The largest absolute Gasteiger partial charge is 0.481 e. The molecule has 1 aliphatic heterocycles. The normalized spacial score (nSPS) is 18.8. The van der Waals surface area contributed by atoms with Crippen LogP contribution in [0.1, 0.15) is 58.8 Å². The molecule has 0 saturated carbocycles. The van der Waals surface area contributed by atoms with Crippen molar-refractivity contribution < 1.29 is 14.7 Å². The number of carboxylic acid groups (broad SMARTS) is 1. The van der Waals surface area contributed by atoms with Gasteiger partial charge in [-0.25, -0.2) is 0 Å². The molecule has 4 nitrogen and oxygen atoms in total. The molecule has 110 valence electrons. The molecule has 4 heteroatoms. The van der Waals surface area contributed by atoms with Gasteiger partial charge in [0.2, 0.25) is 5.91 Å². The lowest BCUT2D eigenvalue weighted by atomic mass is 9.93. The maximum absolute atomic E-state index is 12.2. The summed E-state index contributed by atoms with van der Waals surface area (Å²) < 4.78 is 0. The second-order valence-corrected chi connectivity index (χ2v) is 6.02. The maximum Gasteiger partial charge on any atom is 0.307 e. The van der Waals surface area contributed by atoms with Crippen LogP contribution < -0.4 is 0 Å². The van der Waals surface area contributed by atoms with Crippen molar-refractivity contribution in [3.05, 3.63) is 0 Å². The number of carboxylic acids is 1. The fraction of sp³-hybridized carbons (Fsp3) is 0.867. The zero-order chi connectivity index (χ0) is 14.3. The lowest BCUT2D eigenvalue weighted by Crippen LogP contribution is -2.36. The van der Waals surface area contributed by atoms with E-state index in [1.54, 1.807) is 0 Å². The van der Waals surface area contributed by atoms with Crippen LogP contribution in [0.15, 0.2) is 0 Å². The highest BCUT2D eigenvalue weighted by Crippen LogP contribution is 2.18. The number of carbonyl (C=O) groups excluding carboxylic acids is 1. The van der Waals surface area contributed by atoms with Crippen molar-refractivity contribution in [3.8, 4) is 0 Å². The van der Waals surface area contributed by atoms with Gasteiger partial charge in [-0.2, -0.15) is 0 Å². The molecule has 0 aliphatic carbocycles. The van der Waals surface area contributed by atoms with Crippen LogP contribution in [0.4, 0.5) is 0 Å². The van der Waals surface area contributed by atoms with Crippen LogP contribution >= 0.6 is 0 Å². The van der Waals surface area contributed by atoms with E-state index in [9.17, 15) is 14.7 Å². The highest BCUT2D eigenvalue weighted by molar-refractivity contribution is 5.82. The van der Waals surface area contributed by atoms with E-state index in [2.05, 4.69) is 0 Å². The number of likely N-dealkylation sites (tertiary alicyclic amines) is 1. The van der Waals surface area contributed by atoms with Crippen LogP contribution in [0.25, 0.3) is 0 Å². The second kappa shape index (κ2) is 8.18. The standard InChI is InChI=1S/C15H27NO3/c1-12(2)10-13(15(18)19)11-14(17)16-8-6-4-3-5-7-9-16/h12-13H,3-11H2,1-2H3,(H,18,19)/t13-/m1/s1. The van der Waals surface area contributed by atoms with Gasteiger partial charge in [0.15, 0.2) is 0 Å². The third kappa shape index (κ3) is 6.08. The van der Waals surface area contributed by atoms with Crippen molar-refractivity contribution in [3.63, 3.8) is 0 Å². The predicted octanol–water partition coefficient (Wildman–Crippen LogP) is 2.92. The smallest absolute Gasteiger partial charge is 0.307 e. The molecule has 0 aromatic carbocycles. The van der Waals surface area contributed by atoms with Crippen LogP contribution in [0, 0.1) is 11.8 Å². The molecule has 1 heterocycles. The summed E-state index contributed by atoms with van der Waals surface area (Å²) in [5, 5.41) is 9.20. The van der Waals surface area contributed by atoms with Crippen LogP contribution in [-0.2, 0) is 9.59 Å². The van der Waals surface area contributed by atoms with E-state index < -0.39 is 11.9 Å². The van der Waals surface area contributed by atoms with E-state index in [-0.39, 0.29) is 12.3 Å². The van der Waals surface area contributed by atoms with E-state index in [1.807, 2.05) is 18.7 Å². The summed E-state index contributed by atoms with van der Waals surface area (Å²) in [6.45, 7) is 5.59. The molecule has 0 aromatic heterocycles. The van der Waals surface area contributed by atoms with Gasteiger partial charge in [0.05, 0.1) is 5.92 Å². The van der Waals surface area contributed by atoms with Gasteiger partial charge in [-0.3, -0.25) is 9.59 Å². The molecule has 0 unspecified atom stereocenters. The van der Waals surface area contributed by atoms with Gasteiger partial charge in [0, 0.05) is 19.5 Å². The number of aliphatic carboxylic acids is 1. The fourth-order valence-corrected chi connectivity index (χ4v) is 2.68. The van der Waals surface area contributed by atoms with Crippen molar-refractivity contribution in [2.45, 2.75) is 58.8 Å². The van der Waals surface area contributed by atoms with Crippen LogP contribution in [0.2, 0.25) is 0 Å². The Balaban J connectivity index is 2.51. The summed E-state index contributed by atoms with van der Waals surface area (Å²) >= 11 is 0.